The van der Waals surface area contributed by atoms with E-state index >= 15 is 0 Å². The lowest BCUT2D eigenvalue weighted by atomic mass is 9.43. The monoisotopic (exact) mass is 679 g/mol. The molecule has 4 aliphatic carbocycles. The highest BCUT2D eigenvalue weighted by molar-refractivity contribution is 5.15. The molecular weight excluding hydrogens is 600 g/mol. The summed E-state index contributed by atoms with van der Waals surface area (Å²) in [5.74, 6) is 3.75. The van der Waals surface area contributed by atoms with Gasteiger partial charge in [0.05, 0.1) is 18.3 Å². The highest BCUT2D eigenvalue weighted by Crippen LogP contribution is 2.69. The summed E-state index contributed by atoms with van der Waals surface area (Å²) in [5.41, 5.74) is 29.9. The van der Waals surface area contributed by atoms with Crippen LogP contribution in [0, 0.1) is 46.3 Å². The number of nitrogens with two attached hydrogens (primary N) is 5. The van der Waals surface area contributed by atoms with Crippen LogP contribution in [0.4, 0.5) is 0 Å². The van der Waals surface area contributed by atoms with Crippen molar-refractivity contribution in [2.75, 3.05) is 72.2 Å². The minimum Gasteiger partial charge on any atom is -0.378 e. The van der Waals surface area contributed by atoms with Gasteiger partial charge in [0.2, 0.25) is 0 Å². The molecule has 0 aromatic rings. The van der Waals surface area contributed by atoms with E-state index < -0.39 is 0 Å². The van der Waals surface area contributed by atoms with E-state index in [4.69, 9.17) is 42.9 Å². The molecule has 48 heavy (non-hydrogen) atoms. The van der Waals surface area contributed by atoms with Crippen molar-refractivity contribution in [3.05, 3.63) is 0 Å². The first-order chi connectivity index (χ1) is 23.3. The lowest BCUT2D eigenvalue weighted by Gasteiger charge is -2.65. The van der Waals surface area contributed by atoms with Crippen molar-refractivity contribution in [2.45, 2.75) is 129 Å². The zero-order chi connectivity index (χ0) is 34.6. The van der Waals surface area contributed by atoms with Crippen LogP contribution in [-0.2, 0) is 14.2 Å². The molecule has 0 aromatic carbocycles. The molecule has 4 aliphatic rings. The fourth-order valence-electron chi connectivity index (χ4n) is 11.4. The Kier molecular flexibility index (Phi) is 16.9. The molecule has 0 aromatic heterocycles. The standard InChI is InChI=1S/C39H78N6O3/c1-29(10-4-20-45(21-5-15-40)22-6-16-41)32-11-12-33-37-34(28-36(39(32,33)3)48-25-9-19-44)38(2)14-13-31(46-23-7-17-42)26-30(38)27-35(37)47-24-8-18-43/h29-37H,4-28,40-44H2,1-3H3/t29?,30?,31-,32?,33+,34+,35-,36+,37?,38+,39-/m1/s1. The van der Waals surface area contributed by atoms with E-state index in [-0.39, 0.29) is 11.5 Å². The average molecular weight is 679 g/mol. The number of ether oxygens (including phenoxy) is 3. The first-order valence-corrected chi connectivity index (χ1v) is 20.4. The minimum atomic E-state index is 0.148. The molecule has 0 amide bonds. The molecule has 282 valence electrons. The molecule has 0 spiro atoms. The Bertz CT molecular complexity index is 892. The second kappa shape index (κ2) is 20.0. The maximum atomic E-state index is 7.04. The van der Waals surface area contributed by atoms with Gasteiger partial charge in [-0.1, -0.05) is 20.8 Å². The van der Waals surface area contributed by atoms with E-state index in [0.29, 0.717) is 72.8 Å². The van der Waals surface area contributed by atoms with Gasteiger partial charge in [-0.25, -0.2) is 0 Å². The summed E-state index contributed by atoms with van der Waals surface area (Å²) in [6.45, 7) is 17.0. The number of hydrogen-bond donors (Lipinski definition) is 5. The summed E-state index contributed by atoms with van der Waals surface area (Å²) < 4.78 is 20.4. The molecular formula is C39H78N6O3. The number of nitrogens with zero attached hydrogens (tertiary/aromatic N) is 1. The van der Waals surface area contributed by atoms with Crippen molar-refractivity contribution in [3.63, 3.8) is 0 Å². The quantitative estimate of drug-likeness (QED) is 0.0982. The Hall–Kier alpha value is -0.360. The summed E-state index contributed by atoms with van der Waals surface area (Å²) in [5, 5.41) is 0. The van der Waals surface area contributed by atoms with E-state index in [1.807, 2.05) is 0 Å². The maximum Gasteiger partial charge on any atom is 0.0637 e. The lowest BCUT2D eigenvalue weighted by Crippen LogP contribution is -2.63. The van der Waals surface area contributed by atoms with Gasteiger partial charge >= 0.3 is 0 Å². The first-order valence-electron chi connectivity index (χ1n) is 20.4. The van der Waals surface area contributed by atoms with Crippen LogP contribution in [0.2, 0.25) is 0 Å². The van der Waals surface area contributed by atoms with Crippen LogP contribution in [0.5, 0.6) is 0 Å². The average Bonchev–Trinajstić information content (AvgIpc) is 3.44. The summed E-state index contributed by atoms with van der Waals surface area (Å²) in [6, 6.07) is 0. The molecule has 9 heteroatoms. The Labute approximate surface area is 294 Å². The predicted octanol–water partition coefficient (Wildman–Crippen LogP) is 4.48. The van der Waals surface area contributed by atoms with Gasteiger partial charge < -0.3 is 47.8 Å². The van der Waals surface area contributed by atoms with Crippen LogP contribution < -0.4 is 28.7 Å². The predicted molar refractivity (Wildman–Crippen MR) is 198 cm³/mol. The van der Waals surface area contributed by atoms with Gasteiger partial charge in [0, 0.05) is 25.2 Å². The van der Waals surface area contributed by atoms with Crippen molar-refractivity contribution in [3.8, 4) is 0 Å². The van der Waals surface area contributed by atoms with Crippen LogP contribution in [0.3, 0.4) is 0 Å². The van der Waals surface area contributed by atoms with Gasteiger partial charge in [-0.2, -0.15) is 0 Å². The van der Waals surface area contributed by atoms with Gasteiger partial charge in [0.1, 0.15) is 0 Å². The molecule has 0 radical (unpaired) electrons. The van der Waals surface area contributed by atoms with Gasteiger partial charge in [0.25, 0.3) is 0 Å². The number of rotatable bonds is 23. The highest BCUT2D eigenvalue weighted by atomic mass is 16.5. The zero-order valence-electron chi connectivity index (χ0n) is 31.4. The molecule has 4 saturated carbocycles. The van der Waals surface area contributed by atoms with Crippen LogP contribution in [0.25, 0.3) is 0 Å². The Balaban J connectivity index is 1.55. The molecule has 0 saturated heterocycles. The second-order valence-corrected chi connectivity index (χ2v) is 16.7. The summed E-state index contributed by atoms with van der Waals surface area (Å²) in [7, 11) is 0. The molecule has 4 fully saturated rings. The fraction of sp³-hybridized carbons (Fsp3) is 1.00. The van der Waals surface area contributed by atoms with Crippen molar-refractivity contribution in [1.82, 2.24) is 4.90 Å². The molecule has 0 heterocycles. The third-order valence-electron chi connectivity index (χ3n) is 14.0. The lowest BCUT2D eigenvalue weighted by molar-refractivity contribution is -0.227. The zero-order valence-corrected chi connectivity index (χ0v) is 31.4. The molecule has 0 bridgehead atoms. The smallest absolute Gasteiger partial charge is 0.0637 e. The normalized spacial score (nSPS) is 36.9. The van der Waals surface area contributed by atoms with E-state index in [1.54, 1.807) is 0 Å². The summed E-state index contributed by atoms with van der Waals surface area (Å²) in [4.78, 5) is 2.59. The molecule has 10 N–H and O–H groups in total. The van der Waals surface area contributed by atoms with Crippen molar-refractivity contribution in [2.24, 2.45) is 75.0 Å². The van der Waals surface area contributed by atoms with Crippen molar-refractivity contribution < 1.29 is 14.2 Å². The van der Waals surface area contributed by atoms with Crippen LogP contribution in [-0.4, -0.2) is 95.4 Å². The highest BCUT2D eigenvalue weighted by Gasteiger charge is 2.66. The molecule has 4 unspecified atom stereocenters. The molecule has 9 nitrogen and oxygen atoms in total. The molecule has 11 atom stereocenters. The third-order valence-corrected chi connectivity index (χ3v) is 14.0. The van der Waals surface area contributed by atoms with Crippen LogP contribution >= 0.6 is 0 Å². The van der Waals surface area contributed by atoms with Crippen molar-refractivity contribution in [1.29, 1.82) is 0 Å². The number of hydrogen-bond acceptors (Lipinski definition) is 9. The maximum absolute atomic E-state index is 7.04. The Morgan fingerprint density at radius 2 is 1.27 bits per heavy atom. The van der Waals surface area contributed by atoms with Gasteiger partial charge in [-0.15, -0.1) is 0 Å². The van der Waals surface area contributed by atoms with Crippen LogP contribution in [0.15, 0.2) is 0 Å². The van der Waals surface area contributed by atoms with Crippen LogP contribution in [0.1, 0.15) is 111 Å². The molecule has 4 rings (SSSR count). The first kappa shape index (κ1) is 40.4. The topological polar surface area (TPSA) is 161 Å². The summed E-state index contributed by atoms with van der Waals surface area (Å²) >= 11 is 0. The Morgan fingerprint density at radius 3 is 1.92 bits per heavy atom. The van der Waals surface area contributed by atoms with Crippen molar-refractivity contribution >= 4 is 0 Å². The van der Waals surface area contributed by atoms with Gasteiger partial charge in [0.15, 0.2) is 0 Å². The van der Waals surface area contributed by atoms with Gasteiger partial charge in [-0.3, -0.25) is 0 Å². The van der Waals surface area contributed by atoms with Gasteiger partial charge in [-0.05, 0) is 183 Å². The number of fused-ring (bicyclic) bond motifs is 5. The summed E-state index contributed by atoms with van der Waals surface area (Å²) in [6.07, 6.45) is 16.8. The SMILES string of the molecule is CC(CCCN(CCCN)CCCN)C1CC[C@H]2C3[C@H](OCCCN)CC4C[C@H](OCCCN)CC[C@]4(C)[C@H]3C[C@H](OCCCN)[C@]12C. The fourth-order valence-corrected chi connectivity index (χ4v) is 11.4. The Morgan fingerprint density at radius 1 is 0.667 bits per heavy atom. The van der Waals surface area contributed by atoms with E-state index in [0.717, 1.165) is 110 Å². The largest absolute Gasteiger partial charge is 0.378 e. The molecule has 0 aliphatic heterocycles. The van der Waals surface area contributed by atoms with E-state index in [9.17, 15) is 0 Å². The minimum absolute atomic E-state index is 0.148. The third kappa shape index (κ3) is 9.54. The van der Waals surface area contributed by atoms with E-state index in [1.165, 1.54) is 32.1 Å². The van der Waals surface area contributed by atoms with E-state index in [2.05, 4.69) is 25.7 Å². The second-order valence-electron chi connectivity index (χ2n) is 16.7.